The molecule has 7 heteroatoms. The number of alkyl halides is 3. The van der Waals surface area contributed by atoms with E-state index < -0.39 is 17.8 Å². The number of nitrogens with one attached hydrogen (secondary N) is 1. The molecule has 2 heterocycles. The average molecular weight is 342 g/mol. The Morgan fingerprint density at radius 3 is 2.75 bits per heavy atom. The number of carbonyl (C=O) groups is 1. The molecule has 4 nitrogen and oxygen atoms in total. The van der Waals surface area contributed by atoms with Gasteiger partial charge in [0.05, 0.1) is 18.7 Å². The van der Waals surface area contributed by atoms with Gasteiger partial charge in [0.25, 0.3) is 0 Å². The third-order valence-electron chi connectivity index (χ3n) is 4.87. The van der Waals surface area contributed by atoms with E-state index in [4.69, 9.17) is 4.74 Å². The fourth-order valence-corrected chi connectivity index (χ4v) is 3.12. The van der Waals surface area contributed by atoms with E-state index in [9.17, 15) is 18.0 Å². The van der Waals surface area contributed by atoms with Crippen LogP contribution in [0.4, 0.5) is 13.2 Å². The average Bonchev–Trinajstić information content (AvgIpc) is 2.52. The summed E-state index contributed by atoms with van der Waals surface area (Å²) in [6, 6.07) is 5.15. The Balaban J connectivity index is 1.70. The predicted molar refractivity (Wildman–Crippen MR) is 82.2 cm³/mol. The number of nitrogens with zero attached hydrogens (tertiary/aromatic N) is 1. The van der Waals surface area contributed by atoms with Crippen LogP contribution in [0.25, 0.3) is 0 Å². The lowest BCUT2D eigenvalue weighted by molar-refractivity contribution is -0.145. The third-order valence-corrected chi connectivity index (χ3v) is 4.87. The molecular formula is C17H21F3N2O2. The van der Waals surface area contributed by atoms with Crippen LogP contribution < -0.4 is 5.32 Å². The first-order valence-electron chi connectivity index (χ1n) is 8.14. The molecule has 1 aromatic carbocycles. The summed E-state index contributed by atoms with van der Waals surface area (Å²) in [7, 11) is 0. The first-order chi connectivity index (χ1) is 11.4. The Morgan fingerprint density at radius 2 is 2.12 bits per heavy atom. The van der Waals surface area contributed by atoms with E-state index in [1.54, 1.807) is 11.0 Å². The van der Waals surface area contributed by atoms with Crippen molar-refractivity contribution in [1.82, 2.24) is 10.2 Å². The second kappa shape index (κ2) is 6.72. The molecule has 2 unspecified atom stereocenters. The first-order valence-corrected chi connectivity index (χ1v) is 8.14. The highest BCUT2D eigenvalue weighted by molar-refractivity contribution is 5.79. The van der Waals surface area contributed by atoms with E-state index in [-0.39, 0.29) is 11.8 Å². The molecule has 3 rings (SSSR count). The Labute approximate surface area is 139 Å². The molecule has 1 amide bonds. The summed E-state index contributed by atoms with van der Waals surface area (Å²) in [5.41, 5.74) is -0.235. The third kappa shape index (κ3) is 3.57. The minimum absolute atomic E-state index is 0.0572. The van der Waals surface area contributed by atoms with Crippen molar-refractivity contribution in [2.45, 2.75) is 19.2 Å². The Kier molecular flexibility index (Phi) is 4.83. The SMILES string of the molecule is CC(C(=O)N1CCOC(c2cccc(C(F)(F)F)c2)C1)C1CNC1. The summed E-state index contributed by atoms with van der Waals surface area (Å²) in [4.78, 5) is 14.3. The van der Waals surface area contributed by atoms with Crippen LogP contribution in [0.1, 0.15) is 24.2 Å². The summed E-state index contributed by atoms with van der Waals surface area (Å²) in [5, 5.41) is 3.15. The standard InChI is InChI=1S/C17H21F3N2O2/c1-11(13-8-21-9-13)16(23)22-5-6-24-15(10-22)12-3-2-4-14(7-12)17(18,19)20/h2-4,7,11,13,15,21H,5-6,8-10H2,1H3. The van der Waals surface area contributed by atoms with Crippen LogP contribution in [-0.2, 0) is 15.7 Å². The van der Waals surface area contributed by atoms with Crippen molar-refractivity contribution < 1.29 is 22.7 Å². The minimum atomic E-state index is -4.38. The first kappa shape index (κ1) is 17.2. The van der Waals surface area contributed by atoms with Crippen LogP contribution in [0.5, 0.6) is 0 Å². The van der Waals surface area contributed by atoms with Crippen molar-refractivity contribution in [3.63, 3.8) is 0 Å². The number of amides is 1. The summed E-state index contributed by atoms with van der Waals surface area (Å²) in [5.74, 6) is 0.320. The van der Waals surface area contributed by atoms with Crippen LogP contribution in [0, 0.1) is 11.8 Å². The number of hydrogen-bond donors (Lipinski definition) is 1. The zero-order chi connectivity index (χ0) is 17.3. The number of hydrogen-bond acceptors (Lipinski definition) is 3. The lowest BCUT2D eigenvalue weighted by atomic mass is 9.87. The largest absolute Gasteiger partial charge is 0.416 e. The second-order valence-electron chi connectivity index (χ2n) is 6.47. The van der Waals surface area contributed by atoms with Crippen LogP contribution in [-0.4, -0.2) is 43.6 Å². The quantitative estimate of drug-likeness (QED) is 0.918. The minimum Gasteiger partial charge on any atom is -0.370 e. The van der Waals surface area contributed by atoms with Gasteiger partial charge in [-0.1, -0.05) is 19.1 Å². The summed E-state index contributed by atoms with van der Waals surface area (Å²) in [6.45, 7) is 4.72. The smallest absolute Gasteiger partial charge is 0.370 e. The van der Waals surface area contributed by atoms with Gasteiger partial charge in [-0.15, -0.1) is 0 Å². The van der Waals surface area contributed by atoms with Gasteiger partial charge in [-0.05, 0) is 36.7 Å². The second-order valence-corrected chi connectivity index (χ2v) is 6.47. The maximum atomic E-state index is 12.9. The number of carbonyl (C=O) groups excluding carboxylic acids is 1. The van der Waals surface area contributed by atoms with Gasteiger partial charge in [-0.25, -0.2) is 0 Å². The lowest BCUT2D eigenvalue weighted by Gasteiger charge is -2.38. The van der Waals surface area contributed by atoms with Crippen molar-refractivity contribution in [2.24, 2.45) is 11.8 Å². The van der Waals surface area contributed by atoms with Gasteiger partial charge in [0, 0.05) is 12.5 Å². The highest BCUT2D eigenvalue weighted by Gasteiger charge is 2.35. The molecule has 2 atom stereocenters. The van der Waals surface area contributed by atoms with Crippen LogP contribution in [0.3, 0.4) is 0 Å². The van der Waals surface area contributed by atoms with E-state index in [1.807, 2.05) is 6.92 Å². The van der Waals surface area contributed by atoms with E-state index in [1.165, 1.54) is 6.07 Å². The Morgan fingerprint density at radius 1 is 1.38 bits per heavy atom. The van der Waals surface area contributed by atoms with Gasteiger partial charge >= 0.3 is 6.18 Å². The van der Waals surface area contributed by atoms with Gasteiger partial charge in [0.15, 0.2) is 0 Å². The number of rotatable bonds is 3. The van der Waals surface area contributed by atoms with Gasteiger partial charge in [0.2, 0.25) is 5.91 Å². The molecule has 2 aliphatic heterocycles. The van der Waals surface area contributed by atoms with Gasteiger partial charge in [-0.3, -0.25) is 4.79 Å². The molecule has 2 saturated heterocycles. The number of ether oxygens (including phenoxy) is 1. The molecule has 24 heavy (non-hydrogen) atoms. The zero-order valence-corrected chi connectivity index (χ0v) is 13.5. The fraction of sp³-hybridized carbons (Fsp3) is 0.588. The van der Waals surface area contributed by atoms with Crippen molar-refractivity contribution in [3.05, 3.63) is 35.4 Å². The predicted octanol–water partition coefficient (Wildman–Crippen LogP) is 2.46. The normalized spacial score (nSPS) is 23.7. The van der Waals surface area contributed by atoms with Crippen LogP contribution >= 0.6 is 0 Å². The number of halogens is 3. The van der Waals surface area contributed by atoms with E-state index in [0.29, 0.717) is 31.2 Å². The van der Waals surface area contributed by atoms with Gasteiger partial charge in [-0.2, -0.15) is 13.2 Å². The molecule has 0 aromatic heterocycles. The molecule has 0 saturated carbocycles. The highest BCUT2D eigenvalue weighted by atomic mass is 19.4. The molecule has 0 aliphatic carbocycles. The molecule has 0 bridgehead atoms. The fourth-order valence-electron chi connectivity index (χ4n) is 3.12. The maximum Gasteiger partial charge on any atom is 0.416 e. The molecule has 2 fully saturated rings. The summed E-state index contributed by atoms with van der Waals surface area (Å²) in [6.07, 6.45) is -4.90. The monoisotopic (exact) mass is 342 g/mol. The molecule has 1 aromatic rings. The molecular weight excluding hydrogens is 321 g/mol. The molecule has 132 valence electrons. The molecule has 1 N–H and O–H groups in total. The van der Waals surface area contributed by atoms with Gasteiger partial charge in [0.1, 0.15) is 6.10 Å². The van der Waals surface area contributed by atoms with E-state index >= 15 is 0 Å². The van der Waals surface area contributed by atoms with Crippen molar-refractivity contribution in [3.8, 4) is 0 Å². The molecule has 0 radical (unpaired) electrons. The van der Waals surface area contributed by atoms with Crippen LogP contribution in [0.15, 0.2) is 24.3 Å². The van der Waals surface area contributed by atoms with Crippen molar-refractivity contribution in [1.29, 1.82) is 0 Å². The lowest BCUT2D eigenvalue weighted by Crippen LogP contribution is -2.52. The zero-order valence-electron chi connectivity index (χ0n) is 13.5. The van der Waals surface area contributed by atoms with E-state index in [0.717, 1.165) is 25.2 Å². The number of benzene rings is 1. The molecule has 0 spiro atoms. The van der Waals surface area contributed by atoms with Crippen molar-refractivity contribution >= 4 is 5.91 Å². The summed E-state index contributed by atoms with van der Waals surface area (Å²) < 4.78 is 44.2. The van der Waals surface area contributed by atoms with Crippen LogP contribution in [0.2, 0.25) is 0 Å². The van der Waals surface area contributed by atoms with E-state index in [2.05, 4.69) is 5.32 Å². The Hall–Kier alpha value is -1.60. The number of morpholine rings is 1. The highest BCUT2D eigenvalue weighted by Crippen LogP contribution is 2.32. The Bertz CT molecular complexity index is 602. The summed E-state index contributed by atoms with van der Waals surface area (Å²) >= 11 is 0. The molecule has 2 aliphatic rings. The van der Waals surface area contributed by atoms with Gasteiger partial charge < -0.3 is 15.0 Å². The topological polar surface area (TPSA) is 41.6 Å². The van der Waals surface area contributed by atoms with Crippen molar-refractivity contribution in [2.75, 3.05) is 32.8 Å². The maximum absolute atomic E-state index is 12.9.